The molecule has 0 amide bonds. The van der Waals surface area contributed by atoms with E-state index in [1.165, 1.54) is 0 Å². The van der Waals surface area contributed by atoms with Crippen molar-refractivity contribution in [1.29, 1.82) is 0 Å². The molecule has 0 spiro atoms. The van der Waals surface area contributed by atoms with E-state index in [4.69, 9.17) is 10.5 Å². The Labute approximate surface area is 101 Å². The minimum Gasteiger partial charge on any atom is -0.494 e. The molecular weight excluding hydrogens is 212 g/mol. The van der Waals surface area contributed by atoms with Crippen LogP contribution < -0.4 is 10.5 Å². The Bertz CT molecular complexity index is 463. The normalized spacial score (nSPS) is 10.2. The smallest absolute Gasteiger partial charge is 0.119 e. The van der Waals surface area contributed by atoms with Gasteiger partial charge in [0.1, 0.15) is 5.75 Å². The highest BCUT2D eigenvalue weighted by Gasteiger charge is 1.99. The van der Waals surface area contributed by atoms with Crippen LogP contribution in [0.2, 0.25) is 0 Å². The predicted octanol–water partition coefficient (Wildman–Crippen LogP) is 2.61. The Balaban J connectivity index is 2.20. The van der Waals surface area contributed by atoms with Gasteiger partial charge in [-0.05, 0) is 30.7 Å². The van der Waals surface area contributed by atoms with Gasteiger partial charge in [0.15, 0.2) is 0 Å². The number of hydrogen-bond donors (Lipinski definition) is 1. The maximum Gasteiger partial charge on any atom is 0.119 e. The van der Waals surface area contributed by atoms with E-state index in [9.17, 15) is 0 Å². The zero-order valence-electron chi connectivity index (χ0n) is 9.89. The lowest BCUT2D eigenvalue weighted by atomic mass is 10.1. The summed E-state index contributed by atoms with van der Waals surface area (Å²) in [6.07, 6.45) is 1.85. The monoisotopic (exact) mass is 228 g/mol. The summed E-state index contributed by atoms with van der Waals surface area (Å²) in [5, 5.41) is 0. The minimum absolute atomic E-state index is 0.476. The Kier molecular flexibility index (Phi) is 3.73. The van der Waals surface area contributed by atoms with Crippen LogP contribution in [0.4, 0.5) is 0 Å². The van der Waals surface area contributed by atoms with Crippen LogP contribution in [-0.4, -0.2) is 11.6 Å². The molecule has 0 saturated heterocycles. The van der Waals surface area contributed by atoms with Gasteiger partial charge in [0, 0.05) is 18.3 Å². The number of pyridine rings is 1. The molecule has 0 bridgehead atoms. The lowest BCUT2D eigenvalue weighted by molar-refractivity contribution is 0.340. The van der Waals surface area contributed by atoms with Crippen molar-refractivity contribution in [3.05, 3.63) is 48.3 Å². The molecule has 88 valence electrons. The summed E-state index contributed by atoms with van der Waals surface area (Å²) < 4.78 is 5.40. The first kappa shape index (κ1) is 11.6. The Morgan fingerprint density at radius 1 is 1.06 bits per heavy atom. The first-order valence-electron chi connectivity index (χ1n) is 5.71. The topological polar surface area (TPSA) is 48.1 Å². The highest BCUT2D eigenvalue weighted by atomic mass is 16.5. The van der Waals surface area contributed by atoms with Crippen molar-refractivity contribution in [2.75, 3.05) is 6.61 Å². The molecule has 1 aromatic heterocycles. The third kappa shape index (κ3) is 2.82. The maximum absolute atomic E-state index is 5.51. The van der Waals surface area contributed by atoms with Crippen LogP contribution in [0.1, 0.15) is 12.6 Å². The molecule has 0 aliphatic rings. The van der Waals surface area contributed by atoms with Crippen LogP contribution in [0.15, 0.2) is 42.6 Å². The second-order valence-corrected chi connectivity index (χ2v) is 3.70. The SMILES string of the molecule is CCOc1ccc(-c2ccc(CN)nc2)cc1. The van der Waals surface area contributed by atoms with E-state index in [0.717, 1.165) is 22.6 Å². The summed E-state index contributed by atoms with van der Waals surface area (Å²) in [4.78, 5) is 4.28. The molecule has 0 atom stereocenters. The van der Waals surface area contributed by atoms with E-state index >= 15 is 0 Å². The molecule has 0 unspecified atom stereocenters. The molecule has 1 heterocycles. The fraction of sp³-hybridized carbons (Fsp3) is 0.214. The predicted molar refractivity (Wildman–Crippen MR) is 68.7 cm³/mol. The van der Waals surface area contributed by atoms with E-state index in [1.807, 2.05) is 49.5 Å². The lowest BCUT2D eigenvalue weighted by Gasteiger charge is -2.05. The molecule has 0 saturated carbocycles. The van der Waals surface area contributed by atoms with Crippen LogP contribution in [-0.2, 0) is 6.54 Å². The van der Waals surface area contributed by atoms with Gasteiger partial charge in [0.25, 0.3) is 0 Å². The molecule has 3 nitrogen and oxygen atoms in total. The van der Waals surface area contributed by atoms with Gasteiger partial charge in [-0.3, -0.25) is 4.98 Å². The average Bonchev–Trinajstić information content (AvgIpc) is 2.40. The Morgan fingerprint density at radius 3 is 2.29 bits per heavy atom. The van der Waals surface area contributed by atoms with Crippen LogP contribution in [0, 0.1) is 0 Å². The third-order valence-corrected chi connectivity index (χ3v) is 2.53. The largest absolute Gasteiger partial charge is 0.494 e. The summed E-state index contributed by atoms with van der Waals surface area (Å²) in [6, 6.07) is 12.0. The minimum atomic E-state index is 0.476. The van der Waals surface area contributed by atoms with E-state index in [1.54, 1.807) is 0 Å². The zero-order valence-corrected chi connectivity index (χ0v) is 9.89. The molecule has 17 heavy (non-hydrogen) atoms. The van der Waals surface area contributed by atoms with Gasteiger partial charge in [-0.1, -0.05) is 18.2 Å². The van der Waals surface area contributed by atoms with Crippen molar-refractivity contribution in [3.8, 4) is 16.9 Å². The van der Waals surface area contributed by atoms with Crippen molar-refractivity contribution in [3.63, 3.8) is 0 Å². The standard InChI is InChI=1S/C14H16N2O/c1-2-17-14-7-4-11(5-8-14)12-3-6-13(9-15)16-10-12/h3-8,10H,2,9,15H2,1H3. The number of hydrogen-bond acceptors (Lipinski definition) is 3. The number of ether oxygens (including phenoxy) is 1. The van der Waals surface area contributed by atoms with Gasteiger partial charge in [0.05, 0.1) is 12.3 Å². The molecule has 2 aromatic rings. The number of nitrogens with two attached hydrogens (primary N) is 1. The second-order valence-electron chi connectivity index (χ2n) is 3.70. The number of rotatable bonds is 4. The molecule has 2 rings (SSSR count). The molecular formula is C14H16N2O. The fourth-order valence-corrected chi connectivity index (χ4v) is 1.63. The molecule has 0 fully saturated rings. The zero-order chi connectivity index (χ0) is 12.1. The van der Waals surface area contributed by atoms with Crippen molar-refractivity contribution in [2.45, 2.75) is 13.5 Å². The van der Waals surface area contributed by atoms with Gasteiger partial charge >= 0.3 is 0 Å². The maximum atomic E-state index is 5.51. The third-order valence-electron chi connectivity index (χ3n) is 2.53. The average molecular weight is 228 g/mol. The van der Waals surface area contributed by atoms with Crippen LogP contribution >= 0.6 is 0 Å². The molecule has 0 radical (unpaired) electrons. The van der Waals surface area contributed by atoms with Gasteiger partial charge in [-0.2, -0.15) is 0 Å². The van der Waals surface area contributed by atoms with Crippen molar-refractivity contribution in [1.82, 2.24) is 4.98 Å². The fourth-order valence-electron chi connectivity index (χ4n) is 1.63. The lowest BCUT2D eigenvalue weighted by Crippen LogP contribution is -1.98. The quantitative estimate of drug-likeness (QED) is 0.875. The molecule has 0 aliphatic heterocycles. The van der Waals surface area contributed by atoms with Gasteiger partial charge < -0.3 is 10.5 Å². The van der Waals surface area contributed by atoms with Crippen molar-refractivity contribution in [2.24, 2.45) is 5.73 Å². The van der Waals surface area contributed by atoms with E-state index in [-0.39, 0.29) is 0 Å². The summed E-state index contributed by atoms with van der Waals surface area (Å²) in [5.74, 6) is 0.891. The molecule has 3 heteroatoms. The van der Waals surface area contributed by atoms with Crippen LogP contribution in [0.5, 0.6) is 5.75 Å². The van der Waals surface area contributed by atoms with E-state index < -0.39 is 0 Å². The summed E-state index contributed by atoms with van der Waals surface area (Å²) in [7, 11) is 0. The number of nitrogens with zero attached hydrogens (tertiary/aromatic N) is 1. The van der Waals surface area contributed by atoms with Gasteiger partial charge in [-0.15, -0.1) is 0 Å². The van der Waals surface area contributed by atoms with Crippen LogP contribution in [0.25, 0.3) is 11.1 Å². The number of benzene rings is 1. The van der Waals surface area contributed by atoms with Crippen LogP contribution in [0.3, 0.4) is 0 Å². The Hall–Kier alpha value is -1.87. The molecule has 0 aliphatic carbocycles. The second kappa shape index (κ2) is 5.46. The molecule has 2 N–H and O–H groups in total. The summed E-state index contributed by atoms with van der Waals surface area (Å²) in [5.41, 5.74) is 8.63. The summed E-state index contributed by atoms with van der Waals surface area (Å²) in [6.45, 7) is 3.14. The molecule has 1 aromatic carbocycles. The first-order valence-corrected chi connectivity index (χ1v) is 5.71. The van der Waals surface area contributed by atoms with E-state index in [0.29, 0.717) is 13.2 Å². The van der Waals surface area contributed by atoms with E-state index in [2.05, 4.69) is 4.98 Å². The highest BCUT2D eigenvalue weighted by Crippen LogP contribution is 2.21. The first-order chi connectivity index (χ1) is 8.33. The highest BCUT2D eigenvalue weighted by molar-refractivity contribution is 5.63. The van der Waals surface area contributed by atoms with Crippen molar-refractivity contribution >= 4 is 0 Å². The van der Waals surface area contributed by atoms with Gasteiger partial charge in [-0.25, -0.2) is 0 Å². The Morgan fingerprint density at radius 2 is 1.76 bits per heavy atom. The van der Waals surface area contributed by atoms with Gasteiger partial charge in [0.2, 0.25) is 0 Å². The number of aromatic nitrogens is 1. The summed E-state index contributed by atoms with van der Waals surface area (Å²) >= 11 is 0. The van der Waals surface area contributed by atoms with Crippen molar-refractivity contribution < 1.29 is 4.74 Å².